The highest BCUT2D eigenvalue weighted by molar-refractivity contribution is 5.77. The van der Waals surface area contributed by atoms with Gasteiger partial charge in [0.25, 0.3) is 5.56 Å². The molecule has 1 aromatic carbocycles. The Hall–Kier alpha value is -2.21. The lowest BCUT2D eigenvalue weighted by Crippen LogP contribution is -2.54. The van der Waals surface area contributed by atoms with E-state index in [1.54, 1.807) is 0 Å². The molecule has 0 bridgehead atoms. The number of rotatable bonds is 4. The molecule has 4 rings (SSSR count). The number of aryl methyl sites for hydroxylation is 1. The van der Waals surface area contributed by atoms with Gasteiger partial charge in [-0.15, -0.1) is 0 Å². The summed E-state index contributed by atoms with van der Waals surface area (Å²) in [6, 6.07) is 7.39. The van der Waals surface area contributed by atoms with Gasteiger partial charge in [-0.2, -0.15) is 0 Å². The van der Waals surface area contributed by atoms with Gasteiger partial charge >= 0.3 is 0 Å². The lowest BCUT2D eigenvalue weighted by Gasteiger charge is -2.55. The van der Waals surface area contributed by atoms with Crippen LogP contribution in [0.25, 0.3) is 11.0 Å². The molecule has 2 atom stereocenters. The molecular formula is C20H25N3O3. The molecule has 2 aromatic rings. The number of hydrogen-bond acceptors (Lipinski definition) is 4. The summed E-state index contributed by atoms with van der Waals surface area (Å²) < 4.78 is 0. The first-order valence-electron chi connectivity index (χ1n) is 9.21. The molecule has 1 aliphatic heterocycles. The van der Waals surface area contributed by atoms with Crippen molar-refractivity contribution in [3.8, 4) is 0 Å². The quantitative estimate of drug-likeness (QED) is 0.874. The van der Waals surface area contributed by atoms with Crippen LogP contribution in [0.3, 0.4) is 0 Å². The lowest BCUT2D eigenvalue weighted by atomic mass is 9.48. The van der Waals surface area contributed by atoms with Crippen LogP contribution in [0, 0.1) is 16.7 Å². The summed E-state index contributed by atoms with van der Waals surface area (Å²) >= 11 is 0. The summed E-state index contributed by atoms with van der Waals surface area (Å²) in [5.74, 6) is 0.392. The Morgan fingerprint density at radius 2 is 2.15 bits per heavy atom. The molecule has 2 fully saturated rings. The molecule has 0 unspecified atom stereocenters. The predicted molar refractivity (Wildman–Crippen MR) is 98.7 cm³/mol. The molecule has 6 heteroatoms. The molecule has 0 radical (unpaired) electrons. The highest BCUT2D eigenvalue weighted by atomic mass is 16.3. The molecule has 138 valence electrons. The summed E-state index contributed by atoms with van der Waals surface area (Å²) in [7, 11) is 0. The first kappa shape index (κ1) is 17.2. The van der Waals surface area contributed by atoms with E-state index in [-0.39, 0.29) is 35.3 Å². The molecule has 26 heavy (non-hydrogen) atoms. The molecule has 1 saturated carbocycles. The lowest BCUT2D eigenvalue weighted by molar-refractivity contribution is -0.130. The first-order chi connectivity index (χ1) is 12.3. The fraction of sp³-hybridized carbons (Fsp3) is 0.550. The first-order valence-corrected chi connectivity index (χ1v) is 9.21. The van der Waals surface area contributed by atoms with E-state index in [9.17, 15) is 14.7 Å². The van der Waals surface area contributed by atoms with Crippen LogP contribution in [0.1, 0.15) is 32.4 Å². The van der Waals surface area contributed by atoms with Gasteiger partial charge in [0.05, 0.1) is 17.6 Å². The van der Waals surface area contributed by atoms with Gasteiger partial charge in [0, 0.05) is 31.3 Å². The van der Waals surface area contributed by atoms with Crippen molar-refractivity contribution in [2.75, 3.05) is 19.7 Å². The molecule has 0 spiro atoms. The Morgan fingerprint density at radius 3 is 2.85 bits per heavy atom. The summed E-state index contributed by atoms with van der Waals surface area (Å²) in [5.41, 5.74) is 1.65. The molecule has 2 N–H and O–H groups in total. The number of aliphatic hydroxyl groups is 1. The Bertz CT molecular complexity index is 920. The van der Waals surface area contributed by atoms with E-state index in [2.05, 4.69) is 23.8 Å². The number of nitrogens with zero attached hydrogens (tertiary/aromatic N) is 2. The van der Waals surface area contributed by atoms with Crippen molar-refractivity contribution in [3.63, 3.8) is 0 Å². The van der Waals surface area contributed by atoms with Crippen molar-refractivity contribution < 1.29 is 9.90 Å². The number of likely N-dealkylation sites (tertiary alicyclic amines) is 1. The van der Waals surface area contributed by atoms with E-state index >= 15 is 0 Å². The van der Waals surface area contributed by atoms with Crippen LogP contribution in [0.15, 0.2) is 29.1 Å². The van der Waals surface area contributed by atoms with Gasteiger partial charge in [-0.3, -0.25) is 9.59 Å². The van der Waals surface area contributed by atoms with Crippen LogP contribution in [0.5, 0.6) is 0 Å². The predicted octanol–water partition coefficient (Wildman–Crippen LogP) is 1.72. The second kappa shape index (κ2) is 5.91. The van der Waals surface area contributed by atoms with Crippen molar-refractivity contribution in [2.24, 2.45) is 16.7 Å². The second-order valence-corrected chi connectivity index (χ2v) is 8.54. The topological polar surface area (TPSA) is 86.3 Å². The van der Waals surface area contributed by atoms with E-state index in [1.807, 2.05) is 29.2 Å². The minimum atomic E-state index is -0.231. The van der Waals surface area contributed by atoms with E-state index in [4.69, 9.17) is 0 Å². The molecule has 2 heterocycles. The highest BCUT2D eigenvalue weighted by Gasteiger charge is 2.62. The van der Waals surface area contributed by atoms with Crippen LogP contribution >= 0.6 is 0 Å². The standard InChI is InChI=1S/C20H25N3O3/c1-19(2)10-20(12-24)11-23(9-16(19)20)17(25)8-7-15-18(26)22-14-6-4-3-5-13(14)21-15/h3-6,16,24H,7-12H2,1-2H3,(H,22,26)/t16-,20-/m1/s1. The van der Waals surface area contributed by atoms with Gasteiger partial charge in [0.1, 0.15) is 5.69 Å². The van der Waals surface area contributed by atoms with Gasteiger partial charge in [0.2, 0.25) is 5.91 Å². The Morgan fingerprint density at radius 1 is 1.38 bits per heavy atom. The Labute approximate surface area is 152 Å². The average Bonchev–Trinajstić information content (AvgIpc) is 2.95. The fourth-order valence-corrected chi connectivity index (χ4v) is 5.15. The number of nitrogens with one attached hydrogen (secondary N) is 1. The minimum Gasteiger partial charge on any atom is -0.396 e. The fourth-order valence-electron chi connectivity index (χ4n) is 5.15. The number of hydrogen-bond donors (Lipinski definition) is 2. The number of amides is 1. The molecular weight excluding hydrogens is 330 g/mol. The summed E-state index contributed by atoms with van der Waals surface area (Å²) in [6.45, 7) is 5.87. The van der Waals surface area contributed by atoms with Gasteiger partial charge < -0.3 is 15.0 Å². The number of aromatic nitrogens is 2. The molecule has 6 nitrogen and oxygen atoms in total. The van der Waals surface area contributed by atoms with Crippen LogP contribution < -0.4 is 5.56 Å². The van der Waals surface area contributed by atoms with Gasteiger partial charge in [-0.25, -0.2) is 4.98 Å². The molecule has 2 aliphatic rings. The van der Waals surface area contributed by atoms with Crippen molar-refractivity contribution >= 4 is 16.9 Å². The zero-order chi connectivity index (χ0) is 18.5. The monoisotopic (exact) mass is 355 g/mol. The number of aromatic amines is 1. The SMILES string of the molecule is CC1(C)C[C@]2(CO)CN(C(=O)CCc3nc4ccccc4[nH]c3=O)C[C@H]12. The van der Waals surface area contributed by atoms with E-state index in [0.717, 1.165) is 11.9 Å². The number of aliphatic hydroxyl groups excluding tert-OH is 1. The van der Waals surface area contributed by atoms with Crippen molar-refractivity contribution in [2.45, 2.75) is 33.1 Å². The largest absolute Gasteiger partial charge is 0.396 e. The van der Waals surface area contributed by atoms with Crippen LogP contribution in [-0.4, -0.2) is 45.6 Å². The molecule has 1 aromatic heterocycles. The van der Waals surface area contributed by atoms with Crippen LogP contribution in [0.4, 0.5) is 0 Å². The summed E-state index contributed by atoms with van der Waals surface area (Å²) in [4.78, 5) is 34.0. The number of carbonyl (C=O) groups excluding carboxylic acids is 1. The highest BCUT2D eigenvalue weighted by Crippen LogP contribution is 2.62. The number of carbonyl (C=O) groups is 1. The Kier molecular flexibility index (Phi) is 3.91. The number of benzene rings is 1. The van der Waals surface area contributed by atoms with Crippen LogP contribution in [-0.2, 0) is 11.2 Å². The zero-order valence-corrected chi connectivity index (χ0v) is 15.3. The van der Waals surface area contributed by atoms with E-state index < -0.39 is 0 Å². The summed E-state index contributed by atoms with van der Waals surface area (Å²) in [5, 5.41) is 9.83. The van der Waals surface area contributed by atoms with Crippen LogP contribution in [0.2, 0.25) is 0 Å². The minimum absolute atomic E-state index is 0.0392. The third-order valence-corrected chi connectivity index (χ3v) is 6.31. The van der Waals surface area contributed by atoms with Gasteiger partial charge in [0.15, 0.2) is 0 Å². The van der Waals surface area contributed by atoms with Crippen molar-refractivity contribution in [1.82, 2.24) is 14.9 Å². The van der Waals surface area contributed by atoms with E-state index in [1.165, 1.54) is 0 Å². The smallest absolute Gasteiger partial charge is 0.270 e. The third-order valence-electron chi connectivity index (χ3n) is 6.31. The molecule has 1 amide bonds. The third kappa shape index (κ3) is 2.63. The van der Waals surface area contributed by atoms with Crippen molar-refractivity contribution in [1.29, 1.82) is 0 Å². The average molecular weight is 355 g/mol. The maximum absolute atomic E-state index is 12.7. The molecule has 1 aliphatic carbocycles. The molecule has 1 saturated heterocycles. The normalized spacial score (nSPS) is 26.6. The second-order valence-electron chi connectivity index (χ2n) is 8.54. The van der Waals surface area contributed by atoms with Gasteiger partial charge in [-0.1, -0.05) is 26.0 Å². The maximum Gasteiger partial charge on any atom is 0.270 e. The number of para-hydroxylation sites is 2. The van der Waals surface area contributed by atoms with E-state index in [0.29, 0.717) is 36.6 Å². The van der Waals surface area contributed by atoms with Gasteiger partial charge in [-0.05, 0) is 29.9 Å². The van der Waals surface area contributed by atoms with Crippen molar-refractivity contribution in [3.05, 3.63) is 40.3 Å². The number of fused-ring (bicyclic) bond motifs is 2. The zero-order valence-electron chi connectivity index (χ0n) is 15.3. The Balaban J connectivity index is 1.45. The maximum atomic E-state index is 12.7. The number of H-pyrrole nitrogens is 1. The summed E-state index contributed by atoms with van der Waals surface area (Å²) in [6.07, 6.45) is 1.55.